The van der Waals surface area contributed by atoms with E-state index in [-0.39, 0.29) is 5.56 Å². The van der Waals surface area contributed by atoms with Gasteiger partial charge in [-0.15, -0.1) is 0 Å². The van der Waals surface area contributed by atoms with Crippen LogP contribution in [0.3, 0.4) is 0 Å². The largest absolute Gasteiger partial charge is 0.493 e. The second kappa shape index (κ2) is 3.33. The molecule has 16 heavy (non-hydrogen) atoms. The second-order valence-electron chi connectivity index (χ2n) is 3.97. The molecule has 0 bridgehead atoms. The van der Waals surface area contributed by atoms with E-state index in [9.17, 15) is 4.79 Å². The van der Waals surface area contributed by atoms with Crippen LogP contribution in [0.4, 0.5) is 0 Å². The van der Waals surface area contributed by atoms with Crippen molar-refractivity contribution >= 4 is 5.65 Å². The molecule has 2 heterocycles. The molecule has 0 fully saturated rings. The highest BCUT2D eigenvalue weighted by molar-refractivity contribution is 5.54. The maximum absolute atomic E-state index is 12.2. The molecule has 0 aliphatic heterocycles. The molecule has 0 N–H and O–H groups in total. The Morgan fingerprint density at radius 1 is 1.44 bits per heavy atom. The molecule has 4 heteroatoms. The van der Waals surface area contributed by atoms with Crippen LogP contribution in [0, 0.1) is 0 Å². The molecule has 0 radical (unpaired) electrons. The van der Waals surface area contributed by atoms with Crippen molar-refractivity contribution in [3.8, 4) is 5.75 Å². The van der Waals surface area contributed by atoms with Crippen molar-refractivity contribution < 1.29 is 4.74 Å². The highest BCUT2D eigenvalue weighted by Crippen LogP contribution is 2.21. The lowest BCUT2D eigenvalue weighted by molar-refractivity contribution is 0.416. The van der Waals surface area contributed by atoms with Gasteiger partial charge in [-0.2, -0.15) is 0 Å². The van der Waals surface area contributed by atoms with E-state index in [4.69, 9.17) is 4.74 Å². The topological polar surface area (TPSA) is 43.6 Å². The van der Waals surface area contributed by atoms with Crippen LogP contribution in [0.2, 0.25) is 0 Å². The minimum Gasteiger partial charge on any atom is -0.493 e. The van der Waals surface area contributed by atoms with Crippen molar-refractivity contribution in [3.05, 3.63) is 39.9 Å². The van der Waals surface area contributed by atoms with E-state index >= 15 is 0 Å². The van der Waals surface area contributed by atoms with Crippen LogP contribution < -0.4 is 10.3 Å². The van der Waals surface area contributed by atoms with Crippen molar-refractivity contribution in [1.29, 1.82) is 0 Å². The summed E-state index contributed by atoms with van der Waals surface area (Å²) in [5.41, 5.74) is 2.48. The molecule has 3 rings (SSSR count). The van der Waals surface area contributed by atoms with Gasteiger partial charge in [0.15, 0.2) is 11.4 Å². The van der Waals surface area contributed by atoms with Crippen molar-refractivity contribution in [2.24, 2.45) is 0 Å². The smallest absolute Gasteiger partial charge is 0.261 e. The third kappa shape index (κ3) is 1.16. The van der Waals surface area contributed by atoms with Crippen LogP contribution in [0.5, 0.6) is 5.75 Å². The summed E-state index contributed by atoms with van der Waals surface area (Å²) in [6, 6.07) is 3.62. The van der Waals surface area contributed by atoms with Crippen molar-refractivity contribution in [2.45, 2.75) is 19.3 Å². The van der Waals surface area contributed by atoms with Crippen molar-refractivity contribution in [3.63, 3.8) is 0 Å². The van der Waals surface area contributed by atoms with Crippen LogP contribution in [-0.2, 0) is 12.8 Å². The molecule has 0 spiro atoms. The third-order valence-corrected chi connectivity index (χ3v) is 3.06. The minimum absolute atomic E-state index is 0.0522. The number of ether oxygens (including phenoxy) is 1. The lowest BCUT2D eigenvalue weighted by atomic mass is 10.2. The molecule has 0 saturated carbocycles. The van der Waals surface area contributed by atoms with E-state index in [1.165, 1.54) is 0 Å². The summed E-state index contributed by atoms with van der Waals surface area (Å²) in [5.74, 6) is 0.648. The first-order chi connectivity index (χ1) is 7.81. The van der Waals surface area contributed by atoms with Crippen LogP contribution in [0.1, 0.15) is 17.7 Å². The number of hydrogen-bond donors (Lipinski definition) is 0. The van der Waals surface area contributed by atoms with Gasteiger partial charge in [0.05, 0.1) is 12.8 Å². The summed E-state index contributed by atoms with van der Waals surface area (Å²) in [6.45, 7) is 0. The van der Waals surface area contributed by atoms with E-state index in [0.717, 1.165) is 30.5 Å². The summed E-state index contributed by atoms with van der Waals surface area (Å²) in [7, 11) is 1.59. The van der Waals surface area contributed by atoms with Gasteiger partial charge in [0.2, 0.25) is 0 Å². The van der Waals surface area contributed by atoms with E-state index in [0.29, 0.717) is 11.4 Å². The normalized spacial score (nSPS) is 14.1. The maximum atomic E-state index is 12.2. The van der Waals surface area contributed by atoms with Gasteiger partial charge in [-0.3, -0.25) is 9.20 Å². The molecule has 0 aromatic carbocycles. The second-order valence-corrected chi connectivity index (χ2v) is 3.97. The first-order valence-corrected chi connectivity index (χ1v) is 5.38. The Balaban J connectivity index is 2.45. The zero-order valence-corrected chi connectivity index (χ0v) is 9.06. The first kappa shape index (κ1) is 9.39. The first-order valence-electron chi connectivity index (χ1n) is 5.38. The molecule has 0 unspecified atom stereocenters. The Morgan fingerprint density at radius 3 is 3.12 bits per heavy atom. The van der Waals surface area contributed by atoms with Gasteiger partial charge in [-0.25, -0.2) is 4.98 Å². The molecule has 82 valence electrons. The molecule has 0 saturated heterocycles. The Labute approximate surface area is 92.5 Å². The summed E-state index contributed by atoms with van der Waals surface area (Å²) in [4.78, 5) is 16.7. The van der Waals surface area contributed by atoms with Gasteiger partial charge in [0, 0.05) is 11.8 Å². The minimum atomic E-state index is 0.0522. The molecule has 1 aliphatic rings. The van der Waals surface area contributed by atoms with Gasteiger partial charge in [-0.1, -0.05) is 0 Å². The summed E-state index contributed by atoms with van der Waals surface area (Å²) < 4.78 is 6.79. The summed E-state index contributed by atoms with van der Waals surface area (Å²) in [6.07, 6.45) is 4.52. The zero-order valence-electron chi connectivity index (χ0n) is 9.06. The lowest BCUT2D eigenvalue weighted by Crippen LogP contribution is -2.20. The lowest BCUT2D eigenvalue weighted by Gasteiger charge is -2.07. The highest BCUT2D eigenvalue weighted by atomic mass is 16.5. The number of rotatable bonds is 1. The SMILES string of the molecule is COc1cccn2c(=O)c3c(nc12)CCC3. The molecular formula is C12H12N2O2. The predicted molar refractivity (Wildman–Crippen MR) is 60.0 cm³/mol. The van der Waals surface area contributed by atoms with Gasteiger partial charge in [0.1, 0.15) is 0 Å². The van der Waals surface area contributed by atoms with Gasteiger partial charge >= 0.3 is 0 Å². The zero-order chi connectivity index (χ0) is 11.1. The van der Waals surface area contributed by atoms with Crippen LogP contribution in [0.15, 0.2) is 23.1 Å². The highest BCUT2D eigenvalue weighted by Gasteiger charge is 2.18. The van der Waals surface area contributed by atoms with Gasteiger partial charge in [-0.05, 0) is 31.4 Å². The Kier molecular flexibility index (Phi) is 1.96. The Hall–Kier alpha value is -1.84. The average Bonchev–Trinajstić information content (AvgIpc) is 2.77. The molecular weight excluding hydrogens is 204 g/mol. The molecule has 0 amide bonds. The van der Waals surface area contributed by atoms with E-state index in [2.05, 4.69) is 4.98 Å². The summed E-state index contributed by atoms with van der Waals surface area (Å²) in [5, 5.41) is 0. The van der Waals surface area contributed by atoms with Crippen LogP contribution in [-0.4, -0.2) is 16.5 Å². The number of hydrogen-bond acceptors (Lipinski definition) is 3. The quantitative estimate of drug-likeness (QED) is 0.719. The average molecular weight is 216 g/mol. The Morgan fingerprint density at radius 2 is 2.31 bits per heavy atom. The molecule has 1 aliphatic carbocycles. The number of fused-ring (bicyclic) bond motifs is 2. The van der Waals surface area contributed by atoms with Crippen LogP contribution >= 0.6 is 0 Å². The fourth-order valence-electron chi connectivity index (χ4n) is 2.27. The number of methoxy groups -OCH3 is 1. The standard InChI is InChI=1S/C12H12N2O2/c1-16-10-6-3-7-14-11(10)13-9-5-2-4-8(9)12(14)15/h3,6-7H,2,4-5H2,1H3. The molecule has 4 nitrogen and oxygen atoms in total. The number of pyridine rings is 1. The van der Waals surface area contributed by atoms with Gasteiger partial charge < -0.3 is 4.74 Å². The molecule has 2 aromatic heterocycles. The number of aryl methyl sites for hydroxylation is 1. The van der Waals surface area contributed by atoms with Crippen LogP contribution in [0.25, 0.3) is 5.65 Å². The number of nitrogens with zero attached hydrogens (tertiary/aromatic N) is 2. The molecule has 2 aromatic rings. The van der Waals surface area contributed by atoms with E-state index in [1.54, 1.807) is 23.8 Å². The summed E-state index contributed by atoms with van der Waals surface area (Å²) >= 11 is 0. The van der Waals surface area contributed by atoms with E-state index in [1.807, 2.05) is 6.07 Å². The van der Waals surface area contributed by atoms with E-state index < -0.39 is 0 Å². The maximum Gasteiger partial charge on any atom is 0.261 e. The number of aromatic nitrogens is 2. The fraction of sp³-hybridized carbons (Fsp3) is 0.333. The fourth-order valence-corrected chi connectivity index (χ4v) is 2.27. The Bertz CT molecular complexity index is 616. The monoisotopic (exact) mass is 216 g/mol. The third-order valence-electron chi connectivity index (χ3n) is 3.06. The van der Waals surface area contributed by atoms with Gasteiger partial charge in [0.25, 0.3) is 5.56 Å². The van der Waals surface area contributed by atoms with Crippen molar-refractivity contribution in [1.82, 2.24) is 9.38 Å². The van der Waals surface area contributed by atoms with Crippen molar-refractivity contribution in [2.75, 3.05) is 7.11 Å². The predicted octanol–water partition coefficient (Wildman–Crippen LogP) is 1.19. The molecule has 0 atom stereocenters.